The van der Waals surface area contributed by atoms with E-state index in [-0.39, 0.29) is 5.41 Å². The van der Waals surface area contributed by atoms with Gasteiger partial charge in [0.1, 0.15) is 11.7 Å². The van der Waals surface area contributed by atoms with Gasteiger partial charge >= 0.3 is 5.97 Å². The second-order valence-corrected chi connectivity index (χ2v) is 6.27. The maximum atomic E-state index is 12.0. The number of nitrogens with one attached hydrogen (secondary N) is 2. The third-order valence-electron chi connectivity index (χ3n) is 3.45. The molecule has 0 aliphatic rings. The number of hydrogen-bond donors (Lipinski definition) is 3. The number of carboxylic acids is 1. The largest absolute Gasteiger partial charge is 0.480 e. The van der Waals surface area contributed by atoms with Crippen molar-refractivity contribution >= 4 is 22.8 Å². The maximum absolute atomic E-state index is 12.0. The first-order valence-corrected chi connectivity index (χ1v) is 6.85. The topological polar surface area (TPSA) is 82.2 Å². The predicted octanol–water partition coefficient (Wildman–Crippen LogP) is 2.67. The van der Waals surface area contributed by atoms with Crippen LogP contribution in [0.3, 0.4) is 0 Å². The molecule has 21 heavy (non-hydrogen) atoms. The van der Waals surface area contributed by atoms with Crippen molar-refractivity contribution in [3.8, 4) is 0 Å². The van der Waals surface area contributed by atoms with Crippen LogP contribution < -0.4 is 5.32 Å². The number of aromatic nitrogens is 1. The van der Waals surface area contributed by atoms with Crippen molar-refractivity contribution < 1.29 is 14.7 Å². The minimum Gasteiger partial charge on any atom is -0.480 e. The Hall–Kier alpha value is -2.30. The third kappa shape index (κ3) is 3.24. The second kappa shape index (κ2) is 5.24. The van der Waals surface area contributed by atoms with Crippen molar-refractivity contribution in [2.45, 2.75) is 39.2 Å². The molecule has 3 N–H and O–H groups in total. The first-order chi connectivity index (χ1) is 9.68. The zero-order valence-electron chi connectivity index (χ0n) is 12.7. The molecule has 0 radical (unpaired) electrons. The van der Waals surface area contributed by atoms with Crippen molar-refractivity contribution in [3.05, 3.63) is 35.5 Å². The van der Waals surface area contributed by atoms with Gasteiger partial charge in [-0.2, -0.15) is 0 Å². The van der Waals surface area contributed by atoms with Crippen molar-refractivity contribution in [2.75, 3.05) is 0 Å². The van der Waals surface area contributed by atoms with Gasteiger partial charge in [-0.3, -0.25) is 9.59 Å². The summed E-state index contributed by atoms with van der Waals surface area (Å²) in [5.41, 5.74) is 2.43. The quantitative estimate of drug-likeness (QED) is 0.812. The summed E-state index contributed by atoms with van der Waals surface area (Å²) in [7, 11) is 0. The summed E-state index contributed by atoms with van der Waals surface area (Å²) in [4.78, 5) is 25.8. The molecule has 2 rings (SSSR count). The van der Waals surface area contributed by atoms with Gasteiger partial charge in [0.15, 0.2) is 0 Å². The van der Waals surface area contributed by atoms with Crippen LogP contribution in [0.5, 0.6) is 0 Å². The van der Waals surface area contributed by atoms with E-state index in [9.17, 15) is 9.59 Å². The molecule has 0 saturated carbocycles. The van der Waals surface area contributed by atoms with Crippen LogP contribution in [0.1, 0.15) is 43.7 Å². The van der Waals surface area contributed by atoms with Crippen molar-refractivity contribution in [1.82, 2.24) is 10.3 Å². The van der Waals surface area contributed by atoms with E-state index in [2.05, 4.69) is 31.1 Å². The Bertz CT molecular complexity index is 695. The Morgan fingerprint density at radius 2 is 1.90 bits per heavy atom. The molecule has 0 unspecified atom stereocenters. The molecule has 1 aromatic heterocycles. The number of amides is 1. The molecule has 1 heterocycles. The highest BCUT2D eigenvalue weighted by Crippen LogP contribution is 2.26. The molecule has 1 atom stereocenters. The third-order valence-corrected chi connectivity index (χ3v) is 3.45. The normalized spacial score (nSPS) is 13.1. The fraction of sp³-hybridized carbons (Fsp3) is 0.375. The molecule has 0 saturated heterocycles. The standard InChI is InChI=1S/C16H20N2O3/c1-9(15(20)21)17-14(19)13-7-10-5-6-11(16(2,3)4)8-12(10)18-13/h5-9,18H,1-4H3,(H,17,19)(H,20,21)/t9-/m1/s1. The van der Waals surface area contributed by atoms with Gasteiger partial charge in [0.05, 0.1) is 0 Å². The number of carboxylic acid groups (broad SMARTS) is 1. The smallest absolute Gasteiger partial charge is 0.325 e. The van der Waals surface area contributed by atoms with Crippen LogP contribution in [-0.4, -0.2) is 28.0 Å². The lowest BCUT2D eigenvalue weighted by atomic mass is 9.87. The van der Waals surface area contributed by atoms with E-state index in [4.69, 9.17) is 5.11 Å². The molecule has 1 amide bonds. The number of aliphatic carboxylic acids is 1. The van der Waals surface area contributed by atoms with Crippen LogP contribution in [0.15, 0.2) is 24.3 Å². The molecule has 0 bridgehead atoms. The maximum Gasteiger partial charge on any atom is 0.325 e. The van der Waals surface area contributed by atoms with Crippen LogP contribution in [0.4, 0.5) is 0 Å². The van der Waals surface area contributed by atoms with Gasteiger partial charge in [-0.05, 0) is 30.0 Å². The first kappa shape index (κ1) is 15.1. The van der Waals surface area contributed by atoms with E-state index < -0.39 is 17.9 Å². The van der Waals surface area contributed by atoms with Crippen LogP contribution >= 0.6 is 0 Å². The van der Waals surface area contributed by atoms with E-state index in [1.54, 1.807) is 6.07 Å². The van der Waals surface area contributed by atoms with Gasteiger partial charge in [0.2, 0.25) is 0 Å². The number of H-pyrrole nitrogens is 1. The Morgan fingerprint density at radius 1 is 1.24 bits per heavy atom. The number of fused-ring (bicyclic) bond motifs is 1. The number of carbonyl (C=O) groups is 2. The molecule has 2 aromatic rings. The minimum absolute atomic E-state index is 0.0273. The summed E-state index contributed by atoms with van der Waals surface area (Å²) < 4.78 is 0. The Balaban J connectivity index is 2.31. The van der Waals surface area contributed by atoms with E-state index in [1.807, 2.05) is 18.2 Å². The van der Waals surface area contributed by atoms with Crippen molar-refractivity contribution in [1.29, 1.82) is 0 Å². The van der Waals surface area contributed by atoms with E-state index >= 15 is 0 Å². The highest BCUT2D eigenvalue weighted by Gasteiger charge is 2.18. The van der Waals surface area contributed by atoms with Crippen molar-refractivity contribution in [3.63, 3.8) is 0 Å². The average molecular weight is 288 g/mol. The SMILES string of the molecule is C[C@@H](NC(=O)c1cc2ccc(C(C)(C)C)cc2[nH]1)C(=O)O. The number of rotatable bonds is 3. The Kier molecular flexibility index (Phi) is 3.77. The lowest BCUT2D eigenvalue weighted by molar-refractivity contribution is -0.138. The molecule has 0 aliphatic heterocycles. The highest BCUT2D eigenvalue weighted by molar-refractivity contribution is 5.99. The van der Waals surface area contributed by atoms with Gasteiger partial charge in [-0.25, -0.2) is 0 Å². The highest BCUT2D eigenvalue weighted by atomic mass is 16.4. The number of aromatic amines is 1. The first-order valence-electron chi connectivity index (χ1n) is 6.85. The number of carbonyl (C=O) groups excluding carboxylic acids is 1. The van der Waals surface area contributed by atoms with Crippen LogP contribution in [0, 0.1) is 0 Å². The zero-order chi connectivity index (χ0) is 15.8. The number of hydrogen-bond acceptors (Lipinski definition) is 2. The van der Waals surface area contributed by atoms with Crippen LogP contribution in [0.2, 0.25) is 0 Å². The van der Waals surface area contributed by atoms with Gasteiger partial charge in [0, 0.05) is 10.9 Å². The van der Waals surface area contributed by atoms with Gasteiger partial charge < -0.3 is 15.4 Å². The van der Waals surface area contributed by atoms with Crippen LogP contribution in [0.25, 0.3) is 10.9 Å². The molecule has 112 valence electrons. The lowest BCUT2D eigenvalue weighted by Gasteiger charge is -2.18. The molecule has 5 nitrogen and oxygen atoms in total. The monoisotopic (exact) mass is 288 g/mol. The molecule has 5 heteroatoms. The molecular formula is C16H20N2O3. The molecular weight excluding hydrogens is 268 g/mol. The summed E-state index contributed by atoms with van der Waals surface area (Å²) >= 11 is 0. The molecule has 0 aliphatic carbocycles. The summed E-state index contributed by atoms with van der Waals surface area (Å²) in [6, 6.07) is 6.83. The fourth-order valence-corrected chi connectivity index (χ4v) is 2.05. The van der Waals surface area contributed by atoms with Gasteiger partial charge in [-0.1, -0.05) is 32.9 Å². The average Bonchev–Trinajstić information content (AvgIpc) is 2.80. The Labute approximate surface area is 123 Å². The summed E-state index contributed by atoms with van der Waals surface area (Å²) in [5.74, 6) is -1.48. The predicted molar refractivity (Wildman–Crippen MR) is 81.6 cm³/mol. The molecule has 0 spiro atoms. The summed E-state index contributed by atoms with van der Waals surface area (Å²) in [6.45, 7) is 7.80. The molecule has 1 aromatic carbocycles. The lowest BCUT2D eigenvalue weighted by Crippen LogP contribution is -2.38. The van der Waals surface area contributed by atoms with Crippen LogP contribution in [-0.2, 0) is 10.2 Å². The van der Waals surface area contributed by atoms with Crippen molar-refractivity contribution in [2.24, 2.45) is 0 Å². The number of benzene rings is 1. The fourth-order valence-electron chi connectivity index (χ4n) is 2.05. The minimum atomic E-state index is -1.06. The van der Waals surface area contributed by atoms with Gasteiger partial charge in [-0.15, -0.1) is 0 Å². The Morgan fingerprint density at radius 3 is 2.48 bits per heavy atom. The van der Waals surface area contributed by atoms with E-state index in [1.165, 1.54) is 12.5 Å². The zero-order valence-corrected chi connectivity index (χ0v) is 12.7. The molecule has 0 fully saturated rings. The summed E-state index contributed by atoms with van der Waals surface area (Å²) in [5, 5.41) is 12.2. The summed E-state index contributed by atoms with van der Waals surface area (Å²) in [6.07, 6.45) is 0. The second-order valence-electron chi connectivity index (χ2n) is 6.27. The van der Waals surface area contributed by atoms with Gasteiger partial charge in [0.25, 0.3) is 5.91 Å². The van der Waals surface area contributed by atoms with E-state index in [0.29, 0.717) is 5.69 Å². The van der Waals surface area contributed by atoms with E-state index in [0.717, 1.165) is 10.9 Å².